The van der Waals surface area contributed by atoms with E-state index in [0.29, 0.717) is 18.9 Å². The quantitative estimate of drug-likeness (QED) is 0.840. The Labute approximate surface area is 126 Å². The Morgan fingerprint density at radius 3 is 2.71 bits per heavy atom. The molecule has 0 radical (unpaired) electrons. The second-order valence-corrected chi connectivity index (χ2v) is 7.52. The van der Waals surface area contributed by atoms with Crippen LogP contribution in [0.15, 0.2) is 24.3 Å². The first-order chi connectivity index (χ1) is 10.00. The lowest BCUT2D eigenvalue weighted by Gasteiger charge is -2.18. The van der Waals surface area contributed by atoms with E-state index in [0.717, 1.165) is 31.6 Å². The molecule has 21 heavy (non-hydrogen) atoms. The van der Waals surface area contributed by atoms with E-state index in [-0.39, 0.29) is 11.6 Å². The molecule has 4 nitrogen and oxygen atoms in total. The largest absolute Gasteiger partial charge is 0.371 e. The second-order valence-electron chi connectivity index (χ2n) is 5.60. The van der Waals surface area contributed by atoms with Gasteiger partial charge >= 0.3 is 0 Å². The minimum absolute atomic E-state index is 0.206. The van der Waals surface area contributed by atoms with Gasteiger partial charge in [-0.05, 0) is 43.0 Å². The lowest BCUT2D eigenvalue weighted by atomic mass is 10.1. The van der Waals surface area contributed by atoms with E-state index in [1.807, 2.05) is 6.92 Å². The Bertz CT molecular complexity index is 545. The van der Waals surface area contributed by atoms with Crippen LogP contribution >= 0.6 is 0 Å². The minimum atomic E-state index is -3.14. The molecule has 1 N–H and O–H groups in total. The summed E-state index contributed by atoms with van der Waals surface area (Å²) in [6.07, 6.45) is 2.53. The van der Waals surface area contributed by atoms with E-state index >= 15 is 0 Å². The molecule has 1 aliphatic heterocycles. The topological polar surface area (TPSA) is 49.4 Å². The molecule has 1 unspecified atom stereocenters. The highest BCUT2D eigenvalue weighted by molar-refractivity contribution is 7.89. The maximum absolute atomic E-state index is 12.9. The molecule has 1 atom stereocenters. The fourth-order valence-electron chi connectivity index (χ4n) is 2.54. The van der Waals surface area contributed by atoms with E-state index in [9.17, 15) is 12.8 Å². The summed E-state index contributed by atoms with van der Waals surface area (Å²) in [5, 5.41) is 0. The monoisotopic (exact) mass is 314 g/mol. The first-order valence-electron chi connectivity index (χ1n) is 7.48. The summed E-state index contributed by atoms with van der Waals surface area (Å²) in [6, 6.07) is 6.44. The first kappa shape index (κ1) is 16.2. The summed E-state index contributed by atoms with van der Waals surface area (Å²) < 4.78 is 39.1. The minimum Gasteiger partial charge on any atom is -0.371 e. The summed E-state index contributed by atoms with van der Waals surface area (Å²) in [5.41, 5.74) is 0.993. The molecule has 0 spiro atoms. The zero-order valence-electron chi connectivity index (χ0n) is 12.4. The Kier molecular flexibility index (Phi) is 5.58. The molecule has 2 rings (SSSR count). The van der Waals surface area contributed by atoms with Crippen LogP contribution in [0.25, 0.3) is 0 Å². The van der Waals surface area contributed by atoms with Crippen LogP contribution in [0.1, 0.15) is 26.2 Å². The number of hydrogen-bond donors (Lipinski definition) is 1. The van der Waals surface area contributed by atoms with Crippen LogP contribution in [0.4, 0.5) is 10.1 Å². The van der Waals surface area contributed by atoms with Gasteiger partial charge in [-0.3, -0.25) is 0 Å². The number of halogens is 1. The molecule has 0 saturated carbocycles. The Balaban J connectivity index is 1.81. The van der Waals surface area contributed by atoms with E-state index in [1.54, 1.807) is 12.1 Å². The highest BCUT2D eigenvalue weighted by atomic mass is 32.2. The van der Waals surface area contributed by atoms with Gasteiger partial charge in [-0.15, -0.1) is 0 Å². The van der Waals surface area contributed by atoms with Crippen LogP contribution < -0.4 is 9.62 Å². The Morgan fingerprint density at radius 1 is 1.33 bits per heavy atom. The third-order valence-electron chi connectivity index (χ3n) is 3.84. The van der Waals surface area contributed by atoms with Gasteiger partial charge in [-0.2, -0.15) is 0 Å². The number of hydrogen-bond acceptors (Lipinski definition) is 3. The lowest BCUT2D eigenvalue weighted by Crippen LogP contribution is -2.32. The molecular formula is C15H23FN2O2S. The molecular weight excluding hydrogens is 291 g/mol. The van der Waals surface area contributed by atoms with Crippen molar-refractivity contribution in [2.24, 2.45) is 5.92 Å². The number of anilines is 1. The average Bonchev–Trinajstić information content (AvgIpc) is 2.93. The van der Waals surface area contributed by atoms with Gasteiger partial charge in [0.25, 0.3) is 0 Å². The van der Waals surface area contributed by atoms with Gasteiger partial charge in [0.2, 0.25) is 10.0 Å². The van der Waals surface area contributed by atoms with Crippen molar-refractivity contribution in [3.05, 3.63) is 30.1 Å². The predicted octanol–water partition coefficient (Wildman–Crippen LogP) is 2.37. The number of sulfonamides is 1. The summed E-state index contributed by atoms with van der Waals surface area (Å²) >= 11 is 0. The van der Waals surface area contributed by atoms with Crippen molar-refractivity contribution in [2.45, 2.75) is 26.2 Å². The molecule has 1 saturated heterocycles. The van der Waals surface area contributed by atoms with Gasteiger partial charge in [0.15, 0.2) is 0 Å². The van der Waals surface area contributed by atoms with Gasteiger partial charge in [0, 0.05) is 25.3 Å². The number of unbranched alkanes of at least 4 members (excludes halogenated alkanes) is 1. The summed E-state index contributed by atoms with van der Waals surface area (Å²) in [5.74, 6) is 0.280. The molecule has 0 bridgehead atoms. The zero-order valence-corrected chi connectivity index (χ0v) is 13.2. The molecule has 0 amide bonds. The SMILES string of the molecule is CCCCS(=O)(=O)NCC1CCN(c2ccc(F)cc2)C1. The highest BCUT2D eigenvalue weighted by Gasteiger charge is 2.24. The van der Waals surface area contributed by atoms with Crippen molar-refractivity contribution in [1.29, 1.82) is 0 Å². The third-order valence-corrected chi connectivity index (χ3v) is 5.27. The van der Waals surface area contributed by atoms with Crippen LogP contribution in [-0.2, 0) is 10.0 Å². The van der Waals surface area contributed by atoms with Crippen molar-refractivity contribution < 1.29 is 12.8 Å². The van der Waals surface area contributed by atoms with E-state index < -0.39 is 10.0 Å². The average molecular weight is 314 g/mol. The van der Waals surface area contributed by atoms with E-state index in [1.165, 1.54) is 12.1 Å². The summed E-state index contributed by atoms with van der Waals surface area (Å²) in [4.78, 5) is 2.17. The molecule has 1 aromatic rings. The highest BCUT2D eigenvalue weighted by Crippen LogP contribution is 2.23. The third kappa shape index (κ3) is 4.97. The maximum atomic E-state index is 12.9. The Hall–Kier alpha value is -1.14. The number of nitrogens with zero attached hydrogens (tertiary/aromatic N) is 1. The van der Waals surface area contributed by atoms with Crippen molar-refractivity contribution in [3.8, 4) is 0 Å². The van der Waals surface area contributed by atoms with Gasteiger partial charge < -0.3 is 4.90 Å². The normalized spacial score (nSPS) is 19.1. The molecule has 1 aliphatic rings. The van der Waals surface area contributed by atoms with Crippen LogP contribution in [0.2, 0.25) is 0 Å². The van der Waals surface area contributed by atoms with E-state index in [4.69, 9.17) is 0 Å². The summed E-state index contributed by atoms with van der Waals surface area (Å²) in [7, 11) is -3.14. The molecule has 0 aromatic heterocycles. The fraction of sp³-hybridized carbons (Fsp3) is 0.600. The predicted molar refractivity (Wildman–Crippen MR) is 83.4 cm³/mol. The smallest absolute Gasteiger partial charge is 0.211 e. The van der Waals surface area contributed by atoms with Gasteiger partial charge in [0.1, 0.15) is 5.82 Å². The second kappa shape index (κ2) is 7.22. The first-order valence-corrected chi connectivity index (χ1v) is 9.13. The molecule has 1 aromatic carbocycles. The lowest BCUT2D eigenvalue weighted by molar-refractivity contribution is 0.540. The van der Waals surface area contributed by atoms with Crippen molar-refractivity contribution in [3.63, 3.8) is 0 Å². The molecule has 1 fully saturated rings. The van der Waals surface area contributed by atoms with Gasteiger partial charge in [0.05, 0.1) is 5.75 Å². The maximum Gasteiger partial charge on any atom is 0.211 e. The summed E-state index contributed by atoms with van der Waals surface area (Å²) in [6.45, 7) is 4.16. The number of rotatable bonds is 7. The van der Waals surface area contributed by atoms with Crippen molar-refractivity contribution >= 4 is 15.7 Å². The fourth-order valence-corrected chi connectivity index (χ4v) is 3.84. The standard InChI is InChI=1S/C15H23FN2O2S/c1-2-3-10-21(19,20)17-11-13-8-9-18(12-13)15-6-4-14(16)5-7-15/h4-7,13,17H,2-3,8-12H2,1H3. The molecule has 1 heterocycles. The van der Waals surface area contributed by atoms with Crippen LogP contribution in [0.5, 0.6) is 0 Å². The van der Waals surface area contributed by atoms with E-state index in [2.05, 4.69) is 9.62 Å². The number of nitrogens with one attached hydrogen (secondary N) is 1. The Morgan fingerprint density at radius 2 is 2.05 bits per heavy atom. The van der Waals surface area contributed by atoms with Gasteiger partial charge in [-0.1, -0.05) is 13.3 Å². The van der Waals surface area contributed by atoms with Crippen LogP contribution in [0.3, 0.4) is 0 Å². The van der Waals surface area contributed by atoms with Crippen LogP contribution in [0, 0.1) is 11.7 Å². The molecule has 0 aliphatic carbocycles. The number of benzene rings is 1. The van der Waals surface area contributed by atoms with Crippen LogP contribution in [-0.4, -0.2) is 33.8 Å². The van der Waals surface area contributed by atoms with Gasteiger partial charge in [-0.25, -0.2) is 17.5 Å². The molecule has 6 heteroatoms. The van der Waals surface area contributed by atoms with Crippen molar-refractivity contribution in [1.82, 2.24) is 4.72 Å². The zero-order chi connectivity index (χ0) is 15.3. The van der Waals surface area contributed by atoms with Crippen molar-refractivity contribution in [2.75, 3.05) is 30.3 Å². The molecule has 118 valence electrons.